The summed E-state index contributed by atoms with van der Waals surface area (Å²) in [5.41, 5.74) is 1.34. The Hall–Kier alpha value is -3.05. The quantitative estimate of drug-likeness (QED) is 0.193. The van der Waals surface area contributed by atoms with Crippen LogP contribution in [0.3, 0.4) is 0 Å². The first-order valence-electron chi connectivity index (χ1n) is 10.2. The standard InChI is InChI=1S/C20H30N6O5.ClH/c1-2-31-20(30)26-8-6-15(7-9-26)25-18(28)12-22-19(29)17(13-27)24-16-5-3-4-14(10-16)11-23-21;/h3-5,10-11,15,17,24,27H,2,6-9,12-13,21H2,1H3,(H,22,29)(H,25,28);1H. The number of hydrazone groups is 1. The molecule has 12 heteroatoms. The number of carbonyl (C=O) groups is 3. The third-order valence-electron chi connectivity index (χ3n) is 4.76. The number of rotatable bonds is 9. The molecule has 1 aromatic rings. The number of aliphatic hydroxyl groups excluding tert-OH is 1. The fourth-order valence-corrected chi connectivity index (χ4v) is 3.18. The molecule has 1 aliphatic heterocycles. The van der Waals surface area contributed by atoms with Gasteiger partial charge in [-0.25, -0.2) is 4.79 Å². The maximum atomic E-state index is 12.3. The Bertz CT molecular complexity index is 785. The molecule has 32 heavy (non-hydrogen) atoms. The second-order valence-corrected chi connectivity index (χ2v) is 7.03. The van der Waals surface area contributed by atoms with Crippen LogP contribution in [0.1, 0.15) is 25.3 Å². The molecule has 1 unspecified atom stereocenters. The van der Waals surface area contributed by atoms with Crippen molar-refractivity contribution in [3.05, 3.63) is 29.8 Å². The molecule has 0 aliphatic carbocycles. The normalized spacial score (nSPS) is 14.9. The minimum Gasteiger partial charge on any atom is -0.450 e. The number of carbonyl (C=O) groups excluding carboxylic acids is 3. The Morgan fingerprint density at radius 1 is 1.34 bits per heavy atom. The lowest BCUT2D eigenvalue weighted by Gasteiger charge is -2.31. The van der Waals surface area contributed by atoms with Gasteiger partial charge in [0.25, 0.3) is 0 Å². The van der Waals surface area contributed by atoms with Gasteiger partial charge in [0, 0.05) is 24.8 Å². The van der Waals surface area contributed by atoms with Gasteiger partial charge in [-0.1, -0.05) is 12.1 Å². The number of nitrogens with two attached hydrogens (primary N) is 1. The average molecular weight is 471 g/mol. The van der Waals surface area contributed by atoms with Crippen LogP contribution >= 0.6 is 12.4 Å². The number of aliphatic hydroxyl groups is 1. The maximum absolute atomic E-state index is 12.3. The van der Waals surface area contributed by atoms with Crippen molar-refractivity contribution in [1.82, 2.24) is 15.5 Å². The zero-order valence-electron chi connectivity index (χ0n) is 18.0. The van der Waals surface area contributed by atoms with Crippen LogP contribution in [0.4, 0.5) is 10.5 Å². The molecule has 0 spiro atoms. The number of halogens is 1. The van der Waals surface area contributed by atoms with Gasteiger partial charge in [-0.3, -0.25) is 9.59 Å². The summed E-state index contributed by atoms with van der Waals surface area (Å²) in [6.45, 7) is 2.42. The van der Waals surface area contributed by atoms with Crippen LogP contribution in [0.2, 0.25) is 0 Å². The van der Waals surface area contributed by atoms with Crippen molar-refractivity contribution < 1.29 is 24.2 Å². The Morgan fingerprint density at radius 3 is 2.69 bits per heavy atom. The fourth-order valence-electron chi connectivity index (χ4n) is 3.18. The minimum atomic E-state index is -0.925. The van der Waals surface area contributed by atoms with Gasteiger partial charge in [0.15, 0.2) is 0 Å². The second-order valence-electron chi connectivity index (χ2n) is 7.03. The van der Waals surface area contributed by atoms with Crippen LogP contribution in [-0.2, 0) is 14.3 Å². The van der Waals surface area contributed by atoms with E-state index in [0.717, 1.165) is 5.56 Å². The average Bonchev–Trinajstić information content (AvgIpc) is 2.77. The number of amides is 3. The number of benzene rings is 1. The lowest BCUT2D eigenvalue weighted by Crippen LogP contribution is -2.50. The second kappa shape index (κ2) is 14.1. The predicted molar refractivity (Wildman–Crippen MR) is 123 cm³/mol. The van der Waals surface area contributed by atoms with Crippen LogP contribution < -0.4 is 21.8 Å². The smallest absolute Gasteiger partial charge is 0.409 e. The van der Waals surface area contributed by atoms with Gasteiger partial charge >= 0.3 is 6.09 Å². The summed E-state index contributed by atoms with van der Waals surface area (Å²) in [6, 6.07) is 6.00. The van der Waals surface area contributed by atoms with E-state index in [9.17, 15) is 19.5 Å². The summed E-state index contributed by atoms with van der Waals surface area (Å²) in [6.07, 6.45) is 2.34. The van der Waals surface area contributed by atoms with E-state index in [1.807, 2.05) is 0 Å². The van der Waals surface area contributed by atoms with Gasteiger partial charge in [-0.2, -0.15) is 5.10 Å². The summed E-state index contributed by atoms with van der Waals surface area (Å²) in [7, 11) is 0. The number of piperidine rings is 1. The first-order chi connectivity index (χ1) is 15.0. The SMILES string of the molecule is CCOC(=O)N1CCC(NC(=O)CNC(=O)C(CO)Nc2cccc(C=NN)c2)CC1.Cl. The zero-order chi connectivity index (χ0) is 22.6. The number of likely N-dealkylation sites (tertiary alicyclic amines) is 1. The molecule has 1 fully saturated rings. The van der Waals surface area contributed by atoms with Crippen molar-refractivity contribution in [1.29, 1.82) is 0 Å². The highest BCUT2D eigenvalue weighted by atomic mass is 35.5. The first kappa shape index (κ1) is 27.0. The van der Waals surface area contributed by atoms with E-state index in [2.05, 4.69) is 21.1 Å². The van der Waals surface area contributed by atoms with E-state index in [1.165, 1.54) is 6.21 Å². The molecule has 11 nitrogen and oxygen atoms in total. The van der Waals surface area contributed by atoms with Crippen molar-refractivity contribution in [2.45, 2.75) is 31.8 Å². The Morgan fingerprint density at radius 2 is 2.06 bits per heavy atom. The molecule has 6 N–H and O–H groups in total. The molecule has 3 amide bonds. The summed E-state index contributed by atoms with van der Waals surface area (Å²) in [5, 5.41) is 21.3. The number of anilines is 1. The van der Waals surface area contributed by atoms with E-state index in [4.69, 9.17) is 10.6 Å². The molecular formula is C20H31ClN6O5. The molecular weight excluding hydrogens is 440 g/mol. The molecule has 0 saturated carbocycles. The fraction of sp³-hybridized carbons (Fsp3) is 0.500. The molecule has 1 aliphatic rings. The van der Waals surface area contributed by atoms with Gasteiger partial charge < -0.3 is 36.5 Å². The molecule has 1 aromatic carbocycles. The van der Waals surface area contributed by atoms with Crippen molar-refractivity contribution in [2.75, 3.05) is 38.2 Å². The van der Waals surface area contributed by atoms with Crippen LogP contribution in [0, 0.1) is 0 Å². The van der Waals surface area contributed by atoms with Crippen molar-refractivity contribution in [3.63, 3.8) is 0 Å². The zero-order valence-corrected chi connectivity index (χ0v) is 18.8. The lowest BCUT2D eigenvalue weighted by molar-refractivity contribution is -0.127. The summed E-state index contributed by atoms with van der Waals surface area (Å²) >= 11 is 0. The molecule has 0 bridgehead atoms. The van der Waals surface area contributed by atoms with Crippen LogP contribution in [-0.4, -0.2) is 79.1 Å². The maximum Gasteiger partial charge on any atom is 0.409 e. The summed E-state index contributed by atoms with van der Waals surface area (Å²) in [5.74, 6) is 4.30. The van der Waals surface area contributed by atoms with Crippen LogP contribution in [0.15, 0.2) is 29.4 Å². The van der Waals surface area contributed by atoms with Crippen molar-refractivity contribution in [2.24, 2.45) is 10.9 Å². The van der Waals surface area contributed by atoms with E-state index in [1.54, 1.807) is 36.1 Å². The molecule has 1 heterocycles. The van der Waals surface area contributed by atoms with Gasteiger partial charge in [0.05, 0.1) is 26.0 Å². The number of nitrogens with one attached hydrogen (secondary N) is 3. The van der Waals surface area contributed by atoms with Gasteiger partial charge in [-0.05, 0) is 37.5 Å². The highest BCUT2D eigenvalue weighted by molar-refractivity contribution is 5.89. The molecule has 1 saturated heterocycles. The van der Waals surface area contributed by atoms with Gasteiger partial charge in [0.2, 0.25) is 11.8 Å². The number of nitrogens with zero attached hydrogens (tertiary/aromatic N) is 2. The number of hydrogen-bond donors (Lipinski definition) is 5. The Labute approximate surface area is 193 Å². The Balaban J connectivity index is 0.00000512. The molecule has 0 aromatic heterocycles. The highest BCUT2D eigenvalue weighted by Crippen LogP contribution is 2.12. The molecule has 2 rings (SSSR count). The van der Waals surface area contributed by atoms with Gasteiger partial charge in [-0.15, -0.1) is 12.4 Å². The van der Waals surface area contributed by atoms with Gasteiger partial charge in [0.1, 0.15) is 6.04 Å². The topological polar surface area (TPSA) is 158 Å². The monoisotopic (exact) mass is 470 g/mol. The summed E-state index contributed by atoms with van der Waals surface area (Å²) in [4.78, 5) is 37.8. The van der Waals surface area contributed by atoms with E-state index in [-0.39, 0.29) is 37.0 Å². The van der Waals surface area contributed by atoms with E-state index in [0.29, 0.717) is 38.2 Å². The number of ether oxygens (including phenoxy) is 1. The number of hydrogen-bond acceptors (Lipinski definition) is 8. The predicted octanol–water partition coefficient (Wildman–Crippen LogP) is 0.0271. The van der Waals surface area contributed by atoms with E-state index >= 15 is 0 Å². The summed E-state index contributed by atoms with van der Waals surface area (Å²) < 4.78 is 4.97. The molecule has 178 valence electrons. The third-order valence-corrected chi connectivity index (χ3v) is 4.76. The van der Waals surface area contributed by atoms with Crippen LogP contribution in [0.25, 0.3) is 0 Å². The lowest BCUT2D eigenvalue weighted by atomic mass is 10.1. The van der Waals surface area contributed by atoms with Crippen LogP contribution in [0.5, 0.6) is 0 Å². The minimum absolute atomic E-state index is 0. The molecule has 1 atom stereocenters. The first-order valence-corrected chi connectivity index (χ1v) is 10.2. The highest BCUT2D eigenvalue weighted by Gasteiger charge is 2.25. The van der Waals surface area contributed by atoms with Crippen molar-refractivity contribution in [3.8, 4) is 0 Å². The van der Waals surface area contributed by atoms with Crippen molar-refractivity contribution >= 4 is 42.2 Å². The molecule has 0 radical (unpaired) electrons. The van der Waals surface area contributed by atoms with E-state index < -0.39 is 18.6 Å². The third kappa shape index (κ3) is 8.60. The Kier molecular flexibility index (Phi) is 11.9. The largest absolute Gasteiger partial charge is 0.450 e.